The van der Waals surface area contributed by atoms with Crippen molar-refractivity contribution in [2.75, 3.05) is 10.2 Å². The van der Waals surface area contributed by atoms with Crippen molar-refractivity contribution in [2.24, 2.45) is 0 Å². The Labute approximate surface area is 155 Å². The van der Waals surface area contributed by atoms with Crippen LogP contribution in [-0.2, 0) is 6.42 Å². The van der Waals surface area contributed by atoms with Crippen LogP contribution in [0.3, 0.4) is 0 Å². The van der Waals surface area contributed by atoms with Gasteiger partial charge in [0.05, 0.1) is 5.69 Å². The lowest BCUT2D eigenvalue weighted by atomic mass is 10.1. The van der Waals surface area contributed by atoms with E-state index in [1.807, 2.05) is 31.2 Å². The van der Waals surface area contributed by atoms with Crippen LogP contribution >= 0.6 is 0 Å². The van der Waals surface area contributed by atoms with E-state index in [4.69, 9.17) is 0 Å². The zero-order valence-corrected chi connectivity index (χ0v) is 14.6. The van der Waals surface area contributed by atoms with Crippen LogP contribution in [0.5, 0.6) is 0 Å². The number of hydrogen-bond donors (Lipinski definition) is 1. The number of halogens is 2. The Morgan fingerprint density at radius 3 is 2.78 bits per heavy atom. The van der Waals surface area contributed by atoms with Crippen LogP contribution in [0.1, 0.15) is 23.0 Å². The number of nitrogens with zero attached hydrogens (tertiary/aromatic N) is 2. The maximum atomic E-state index is 13.9. The maximum absolute atomic E-state index is 13.9. The summed E-state index contributed by atoms with van der Waals surface area (Å²) in [6, 6.07) is 14.3. The van der Waals surface area contributed by atoms with E-state index >= 15 is 0 Å². The van der Waals surface area contributed by atoms with Gasteiger partial charge in [0.25, 0.3) is 5.91 Å². The van der Waals surface area contributed by atoms with Crippen molar-refractivity contribution >= 4 is 23.0 Å². The highest BCUT2D eigenvalue weighted by Gasteiger charge is 2.31. The van der Waals surface area contributed by atoms with Crippen molar-refractivity contribution in [3.05, 3.63) is 83.7 Å². The van der Waals surface area contributed by atoms with Crippen LogP contribution in [0.4, 0.5) is 25.8 Å². The van der Waals surface area contributed by atoms with Gasteiger partial charge in [0.1, 0.15) is 17.3 Å². The molecule has 1 N–H and O–H groups in total. The predicted octanol–water partition coefficient (Wildman–Crippen LogP) is 4.69. The molecule has 1 unspecified atom stereocenters. The number of nitrogens with one attached hydrogen (secondary N) is 1. The standard InChI is InChI=1S/C21H17F2N3O/c1-13-10-14-4-2-3-5-20(14)26(13)21(27)19-12-16(8-9-24-19)25-18-7-6-15(22)11-17(18)23/h2-9,11-13H,10H2,1H3,(H,24,25). The first-order chi connectivity index (χ1) is 13.0. The lowest BCUT2D eigenvalue weighted by Crippen LogP contribution is -2.36. The van der Waals surface area contributed by atoms with Gasteiger partial charge in [0, 0.05) is 29.7 Å². The lowest BCUT2D eigenvalue weighted by Gasteiger charge is -2.22. The van der Waals surface area contributed by atoms with Gasteiger partial charge in [-0.1, -0.05) is 18.2 Å². The molecule has 4 nitrogen and oxygen atoms in total. The predicted molar refractivity (Wildman–Crippen MR) is 100 cm³/mol. The van der Waals surface area contributed by atoms with Crippen LogP contribution < -0.4 is 10.2 Å². The van der Waals surface area contributed by atoms with Gasteiger partial charge < -0.3 is 10.2 Å². The number of para-hydroxylation sites is 1. The number of rotatable bonds is 3. The molecule has 1 amide bonds. The Bertz CT molecular complexity index is 1020. The van der Waals surface area contributed by atoms with E-state index in [-0.39, 0.29) is 23.3 Å². The van der Waals surface area contributed by atoms with Gasteiger partial charge >= 0.3 is 0 Å². The average molecular weight is 365 g/mol. The second-order valence-electron chi connectivity index (χ2n) is 6.54. The summed E-state index contributed by atoms with van der Waals surface area (Å²) in [6.45, 7) is 1.99. The van der Waals surface area contributed by atoms with E-state index in [1.54, 1.807) is 17.0 Å². The summed E-state index contributed by atoms with van der Waals surface area (Å²) < 4.78 is 26.9. The Morgan fingerprint density at radius 1 is 1.15 bits per heavy atom. The first-order valence-electron chi connectivity index (χ1n) is 8.62. The molecule has 1 aliphatic heterocycles. The highest BCUT2D eigenvalue weighted by molar-refractivity contribution is 6.07. The number of hydrogen-bond acceptors (Lipinski definition) is 3. The zero-order valence-electron chi connectivity index (χ0n) is 14.6. The third-order valence-corrected chi connectivity index (χ3v) is 4.62. The number of anilines is 3. The maximum Gasteiger partial charge on any atom is 0.277 e. The fourth-order valence-corrected chi connectivity index (χ4v) is 3.37. The summed E-state index contributed by atoms with van der Waals surface area (Å²) >= 11 is 0. The van der Waals surface area contributed by atoms with Crippen molar-refractivity contribution < 1.29 is 13.6 Å². The van der Waals surface area contributed by atoms with Crippen molar-refractivity contribution in [1.29, 1.82) is 0 Å². The van der Waals surface area contributed by atoms with E-state index in [9.17, 15) is 13.6 Å². The van der Waals surface area contributed by atoms with Crippen LogP contribution in [0, 0.1) is 11.6 Å². The normalized spacial score (nSPS) is 15.5. The van der Waals surface area contributed by atoms with Gasteiger partial charge in [-0.15, -0.1) is 0 Å². The van der Waals surface area contributed by atoms with E-state index < -0.39 is 11.6 Å². The van der Waals surface area contributed by atoms with E-state index in [0.29, 0.717) is 5.69 Å². The zero-order chi connectivity index (χ0) is 19.0. The first kappa shape index (κ1) is 17.1. The minimum atomic E-state index is -0.707. The SMILES string of the molecule is CC1Cc2ccccc2N1C(=O)c1cc(Nc2ccc(F)cc2F)ccn1. The molecule has 2 heterocycles. The molecule has 1 atom stereocenters. The van der Waals surface area contributed by atoms with Crippen LogP contribution in [0.15, 0.2) is 60.8 Å². The molecule has 0 saturated carbocycles. The molecule has 0 fully saturated rings. The molecule has 136 valence electrons. The molecule has 0 saturated heterocycles. The third-order valence-electron chi connectivity index (χ3n) is 4.62. The van der Waals surface area contributed by atoms with Crippen molar-refractivity contribution in [1.82, 2.24) is 4.98 Å². The number of carbonyl (C=O) groups excluding carboxylic acids is 1. The van der Waals surface area contributed by atoms with Gasteiger partial charge in [-0.25, -0.2) is 8.78 Å². The summed E-state index contributed by atoms with van der Waals surface area (Å²) in [4.78, 5) is 19.0. The van der Waals surface area contributed by atoms with E-state index in [0.717, 1.165) is 23.7 Å². The summed E-state index contributed by atoms with van der Waals surface area (Å²) in [5, 5.41) is 2.86. The lowest BCUT2D eigenvalue weighted by molar-refractivity contribution is 0.0976. The molecule has 2 aromatic carbocycles. The molecule has 27 heavy (non-hydrogen) atoms. The van der Waals surface area contributed by atoms with Gasteiger partial charge in [-0.05, 0) is 49.2 Å². The summed E-state index contributed by atoms with van der Waals surface area (Å²) in [7, 11) is 0. The molecule has 1 aromatic heterocycles. The van der Waals surface area contributed by atoms with Gasteiger partial charge in [-0.2, -0.15) is 0 Å². The number of fused-ring (bicyclic) bond motifs is 1. The Balaban J connectivity index is 1.62. The molecule has 0 bridgehead atoms. The minimum Gasteiger partial charge on any atom is -0.353 e. The molecular formula is C21H17F2N3O. The number of benzene rings is 2. The molecule has 1 aliphatic rings. The fourth-order valence-electron chi connectivity index (χ4n) is 3.37. The van der Waals surface area contributed by atoms with Crippen LogP contribution in [0.2, 0.25) is 0 Å². The first-order valence-corrected chi connectivity index (χ1v) is 8.62. The van der Waals surface area contributed by atoms with Crippen LogP contribution in [0.25, 0.3) is 0 Å². The fraction of sp³-hybridized carbons (Fsp3) is 0.143. The van der Waals surface area contributed by atoms with E-state index in [1.165, 1.54) is 18.3 Å². The highest BCUT2D eigenvalue weighted by atomic mass is 19.1. The Kier molecular flexibility index (Phi) is 4.32. The monoisotopic (exact) mass is 365 g/mol. The molecule has 0 radical (unpaired) electrons. The van der Waals surface area contributed by atoms with E-state index in [2.05, 4.69) is 10.3 Å². The van der Waals surface area contributed by atoms with Crippen molar-refractivity contribution in [3.63, 3.8) is 0 Å². The molecular weight excluding hydrogens is 348 g/mol. The average Bonchev–Trinajstić information content (AvgIpc) is 2.99. The Hall–Kier alpha value is -3.28. The highest BCUT2D eigenvalue weighted by Crippen LogP contribution is 2.33. The van der Waals surface area contributed by atoms with Crippen LogP contribution in [-0.4, -0.2) is 16.9 Å². The molecule has 0 aliphatic carbocycles. The summed E-state index contributed by atoms with van der Waals surface area (Å²) in [5.41, 5.74) is 2.90. The molecule has 0 spiro atoms. The van der Waals surface area contributed by atoms with Gasteiger partial charge in [0.15, 0.2) is 0 Å². The van der Waals surface area contributed by atoms with Gasteiger partial charge in [0.2, 0.25) is 0 Å². The van der Waals surface area contributed by atoms with Gasteiger partial charge in [-0.3, -0.25) is 9.78 Å². The smallest absolute Gasteiger partial charge is 0.277 e. The number of carbonyl (C=O) groups is 1. The quantitative estimate of drug-likeness (QED) is 0.732. The number of pyridine rings is 1. The molecule has 6 heteroatoms. The minimum absolute atomic E-state index is 0.0304. The second kappa shape index (κ2) is 6.79. The topological polar surface area (TPSA) is 45.2 Å². The Morgan fingerprint density at radius 2 is 1.96 bits per heavy atom. The second-order valence-corrected chi connectivity index (χ2v) is 6.54. The third kappa shape index (κ3) is 3.26. The number of amides is 1. The molecule has 4 rings (SSSR count). The summed E-state index contributed by atoms with van der Waals surface area (Å²) in [5.74, 6) is -1.57. The molecule has 3 aromatic rings. The largest absolute Gasteiger partial charge is 0.353 e. The summed E-state index contributed by atoms with van der Waals surface area (Å²) in [6.07, 6.45) is 2.28. The van der Waals surface area contributed by atoms with Crippen molar-refractivity contribution in [3.8, 4) is 0 Å². The van der Waals surface area contributed by atoms with Crippen molar-refractivity contribution in [2.45, 2.75) is 19.4 Å². The number of aromatic nitrogens is 1.